The monoisotopic (exact) mass is 374 g/mol. The van der Waals surface area contributed by atoms with Gasteiger partial charge in [-0.15, -0.1) is 0 Å². The fourth-order valence-electron chi connectivity index (χ4n) is 4.83. The number of fused-ring (bicyclic) bond motifs is 2. The summed E-state index contributed by atoms with van der Waals surface area (Å²) in [5.41, 5.74) is 1.99. The number of alkyl halides is 1. The van der Waals surface area contributed by atoms with Gasteiger partial charge in [0.05, 0.1) is 25.7 Å². The van der Waals surface area contributed by atoms with Gasteiger partial charge in [-0.3, -0.25) is 14.0 Å². The van der Waals surface area contributed by atoms with Crippen molar-refractivity contribution >= 4 is 17.5 Å². The summed E-state index contributed by atoms with van der Waals surface area (Å²) < 4.78 is 18.2. The van der Waals surface area contributed by atoms with Crippen LogP contribution in [-0.2, 0) is 19.7 Å². The van der Waals surface area contributed by atoms with Crippen molar-refractivity contribution in [1.82, 2.24) is 4.90 Å². The average Bonchev–Trinajstić information content (AvgIpc) is 3.19. The Morgan fingerprint density at radius 2 is 2.04 bits per heavy atom. The molecule has 27 heavy (non-hydrogen) atoms. The van der Waals surface area contributed by atoms with Crippen molar-refractivity contribution in [3.63, 3.8) is 0 Å². The van der Waals surface area contributed by atoms with E-state index in [1.165, 1.54) is 5.56 Å². The molecule has 0 radical (unpaired) electrons. The molecule has 1 aromatic rings. The minimum Gasteiger partial charge on any atom is -0.376 e. The first kappa shape index (κ1) is 18.4. The van der Waals surface area contributed by atoms with Crippen LogP contribution in [0.15, 0.2) is 24.3 Å². The Bertz CT molecular complexity index is 709. The molecule has 0 aliphatic carbocycles. The molecule has 2 amide bonds. The third-order valence-electron chi connectivity index (χ3n) is 6.35. The summed E-state index contributed by atoms with van der Waals surface area (Å²) in [7, 11) is 0. The van der Waals surface area contributed by atoms with Gasteiger partial charge in [0.25, 0.3) is 0 Å². The SMILES string of the molecule is O=C(CCF)N1CCC2(CC1)CC(=O)N(CC1CCCO1)c1ccccc12. The highest BCUT2D eigenvalue weighted by molar-refractivity contribution is 5.98. The highest BCUT2D eigenvalue weighted by Crippen LogP contribution is 2.47. The Kier molecular flexibility index (Phi) is 5.17. The van der Waals surface area contributed by atoms with E-state index in [-0.39, 0.29) is 29.8 Å². The van der Waals surface area contributed by atoms with E-state index in [1.807, 2.05) is 23.1 Å². The maximum atomic E-state index is 13.1. The van der Waals surface area contributed by atoms with Crippen LogP contribution in [0.1, 0.15) is 44.1 Å². The summed E-state index contributed by atoms with van der Waals surface area (Å²) in [5.74, 6) is 0.0236. The molecule has 0 N–H and O–H groups in total. The molecule has 0 bridgehead atoms. The Morgan fingerprint density at radius 1 is 1.26 bits per heavy atom. The van der Waals surface area contributed by atoms with E-state index in [1.54, 1.807) is 4.90 Å². The van der Waals surface area contributed by atoms with Crippen LogP contribution in [0.4, 0.5) is 10.1 Å². The highest BCUT2D eigenvalue weighted by Gasteiger charge is 2.45. The summed E-state index contributed by atoms with van der Waals surface area (Å²) in [4.78, 5) is 28.7. The van der Waals surface area contributed by atoms with Crippen LogP contribution in [0.3, 0.4) is 0 Å². The lowest BCUT2D eigenvalue weighted by Crippen LogP contribution is -2.52. The second-order valence-electron chi connectivity index (χ2n) is 7.93. The molecule has 6 heteroatoms. The predicted molar refractivity (Wildman–Crippen MR) is 100 cm³/mol. The Labute approximate surface area is 159 Å². The summed E-state index contributed by atoms with van der Waals surface area (Å²) in [6.45, 7) is 1.96. The second kappa shape index (κ2) is 7.58. The number of hydrogen-bond acceptors (Lipinski definition) is 3. The van der Waals surface area contributed by atoms with Crippen molar-refractivity contribution in [2.45, 2.75) is 50.0 Å². The van der Waals surface area contributed by atoms with E-state index >= 15 is 0 Å². The number of carbonyl (C=O) groups is 2. The van der Waals surface area contributed by atoms with Gasteiger partial charge in [0.15, 0.2) is 0 Å². The van der Waals surface area contributed by atoms with Gasteiger partial charge in [-0.25, -0.2) is 0 Å². The second-order valence-corrected chi connectivity index (χ2v) is 7.93. The Morgan fingerprint density at radius 3 is 2.74 bits per heavy atom. The summed E-state index contributed by atoms with van der Waals surface area (Å²) in [6, 6.07) is 8.17. The number of para-hydroxylation sites is 1. The van der Waals surface area contributed by atoms with Crippen LogP contribution in [0.25, 0.3) is 0 Å². The third-order valence-corrected chi connectivity index (χ3v) is 6.35. The topological polar surface area (TPSA) is 49.9 Å². The number of likely N-dealkylation sites (tertiary alicyclic amines) is 1. The molecule has 4 rings (SSSR count). The van der Waals surface area contributed by atoms with E-state index in [2.05, 4.69) is 6.07 Å². The number of nitrogens with zero attached hydrogens (tertiary/aromatic N) is 2. The largest absolute Gasteiger partial charge is 0.376 e. The molecule has 0 aromatic heterocycles. The number of carbonyl (C=O) groups excluding carboxylic acids is 2. The number of anilines is 1. The first-order chi connectivity index (χ1) is 13.1. The lowest BCUT2D eigenvalue weighted by molar-refractivity contribution is -0.133. The summed E-state index contributed by atoms with van der Waals surface area (Å²) in [5, 5.41) is 0. The normalized spacial score (nSPS) is 24.3. The Balaban J connectivity index is 1.56. The Hall–Kier alpha value is -1.95. The maximum Gasteiger partial charge on any atom is 0.227 e. The van der Waals surface area contributed by atoms with E-state index in [9.17, 15) is 14.0 Å². The number of rotatable bonds is 4. The molecule has 146 valence electrons. The van der Waals surface area contributed by atoms with Gasteiger partial charge in [0, 0.05) is 37.2 Å². The molecule has 1 spiro atoms. The van der Waals surface area contributed by atoms with Gasteiger partial charge in [-0.05, 0) is 37.3 Å². The van der Waals surface area contributed by atoms with E-state index < -0.39 is 6.67 Å². The van der Waals surface area contributed by atoms with Crippen molar-refractivity contribution in [1.29, 1.82) is 0 Å². The zero-order valence-electron chi connectivity index (χ0n) is 15.7. The lowest BCUT2D eigenvalue weighted by atomic mass is 9.67. The fourth-order valence-corrected chi connectivity index (χ4v) is 4.83. The zero-order chi connectivity index (χ0) is 18.9. The molecule has 1 atom stereocenters. The minimum absolute atomic E-state index is 0.0440. The van der Waals surface area contributed by atoms with Crippen LogP contribution in [-0.4, -0.2) is 55.7 Å². The van der Waals surface area contributed by atoms with Gasteiger partial charge >= 0.3 is 0 Å². The standard InChI is InChI=1S/C21H27FN2O3/c22-10-7-19(25)23-11-8-21(9-12-23)14-20(26)24(15-16-4-3-13-27-16)18-6-2-1-5-17(18)21/h1-2,5-6,16H,3-4,7-15H2. The summed E-state index contributed by atoms with van der Waals surface area (Å²) in [6.07, 6.45) is 4.11. The smallest absolute Gasteiger partial charge is 0.227 e. The average molecular weight is 374 g/mol. The molecule has 1 aromatic carbocycles. The van der Waals surface area contributed by atoms with Crippen molar-refractivity contribution < 1.29 is 18.7 Å². The first-order valence-electron chi connectivity index (χ1n) is 9.98. The van der Waals surface area contributed by atoms with Gasteiger partial charge in [-0.2, -0.15) is 0 Å². The first-order valence-corrected chi connectivity index (χ1v) is 9.98. The number of piperidine rings is 1. The summed E-state index contributed by atoms with van der Waals surface area (Å²) >= 11 is 0. The quantitative estimate of drug-likeness (QED) is 0.814. The van der Waals surface area contributed by atoms with Crippen molar-refractivity contribution in [3.05, 3.63) is 29.8 Å². The van der Waals surface area contributed by atoms with E-state index in [0.29, 0.717) is 26.1 Å². The zero-order valence-corrected chi connectivity index (χ0v) is 15.7. The van der Waals surface area contributed by atoms with E-state index in [4.69, 9.17) is 4.74 Å². The molecule has 5 nitrogen and oxygen atoms in total. The molecule has 1 unspecified atom stereocenters. The maximum absolute atomic E-state index is 13.1. The lowest BCUT2D eigenvalue weighted by Gasteiger charge is -2.47. The predicted octanol–water partition coefficient (Wildman–Crippen LogP) is 2.82. The molecule has 2 fully saturated rings. The van der Waals surface area contributed by atoms with E-state index in [0.717, 1.165) is 38.0 Å². The molecule has 3 heterocycles. The third kappa shape index (κ3) is 3.47. The van der Waals surface area contributed by atoms with Gasteiger partial charge in [-0.1, -0.05) is 18.2 Å². The van der Waals surface area contributed by atoms with Crippen LogP contribution in [0.5, 0.6) is 0 Å². The van der Waals surface area contributed by atoms with Crippen LogP contribution in [0, 0.1) is 0 Å². The molecular formula is C21H27FN2O3. The number of hydrogen-bond donors (Lipinski definition) is 0. The number of ether oxygens (including phenoxy) is 1. The molecule has 0 saturated carbocycles. The number of halogens is 1. The van der Waals surface area contributed by atoms with Crippen LogP contribution < -0.4 is 4.90 Å². The highest BCUT2D eigenvalue weighted by atomic mass is 19.1. The number of benzene rings is 1. The molecular weight excluding hydrogens is 347 g/mol. The molecule has 2 saturated heterocycles. The molecule has 3 aliphatic heterocycles. The molecule has 3 aliphatic rings. The van der Waals surface area contributed by atoms with Gasteiger partial charge in [0.2, 0.25) is 11.8 Å². The minimum atomic E-state index is -0.611. The van der Waals surface area contributed by atoms with Gasteiger partial charge in [0.1, 0.15) is 0 Å². The van der Waals surface area contributed by atoms with Crippen molar-refractivity contribution in [2.24, 2.45) is 0 Å². The fraction of sp³-hybridized carbons (Fsp3) is 0.619. The van der Waals surface area contributed by atoms with Crippen LogP contribution in [0.2, 0.25) is 0 Å². The van der Waals surface area contributed by atoms with Crippen molar-refractivity contribution in [3.8, 4) is 0 Å². The van der Waals surface area contributed by atoms with Crippen LogP contribution >= 0.6 is 0 Å². The number of amides is 2. The van der Waals surface area contributed by atoms with Gasteiger partial charge < -0.3 is 14.5 Å². The van der Waals surface area contributed by atoms with Crippen molar-refractivity contribution in [2.75, 3.05) is 37.8 Å².